The first-order chi connectivity index (χ1) is 11.7. The van der Waals surface area contributed by atoms with Crippen LogP contribution in [-0.4, -0.2) is 35.5 Å². The van der Waals surface area contributed by atoms with Crippen LogP contribution in [0, 0.1) is 11.3 Å². The Morgan fingerprint density at radius 3 is 1.36 bits per heavy atom. The van der Waals surface area contributed by atoms with Gasteiger partial charge in [-0.15, -0.1) is 0 Å². The van der Waals surface area contributed by atoms with Crippen LogP contribution in [0.4, 0.5) is 11.4 Å². The highest BCUT2D eigenvalue weighted by molar-refractivity contribution is 8.10. The molecule has 0 bridgehead atoms. The van der Waals surface area contributed by atoms with Crippen molar-refractivity contribution in [2.24, 2.45) is 0 Å². The Morgan fingerprint density at radius 2 is 1.08 bits per heavy atom. The van der Waals surface area contributed by atoms with Crippen LogP contribution in [0.3, 0.4) is 0 Å². The smallest absolute Gasteiger partial charge is 0.271 e. The summed E-state index contributed by atoms with van der Waals surface area (Å²) in [6, 6.07) is 17.4. The van der Waals surface area contributed by atoms with E-state index in [4.69, 9.17) is 0 Å². The Hall–Kier alpha value is -2.57. The fourth-order valence-corrected chi connectivity index (χ4v) is 5.82. The normalized spacial score (nSPS) is 11.8. The molecule has 0 spiro atoms. The van der Waals surface area contributed by atoms with E-state index in [2.05, 4.69) is 0 Å². The van der Waals surface area contributed by atoms with E-state index in [-0.39, 0.29) is 11.4 Å². The summed E-state index contributed by atoms with van der Waals surface area (Å²) in [5.41, 5.74) is 0.528. The molecule has 0 unspecified atom stereocenters. The number of nitriles is 1. The molecule has 0 atom stereocenters. The molecule has 0 amide bonds. The third kappa shape index (κ3) is 3.60. The van der Waals surface area contributed by atoms with E-state index >= 15 is 0 Å². The van der Waals surface area contributed by atoms with Crippen molar-refractivity contribution in [1.29, 1.82) is 5.26 Å². The Morgan fingerprint density at radius 1 is 0.760 bits per heavy atom. The third-order valence-electron chi connectivity index (χ3n) is 3.65. The molecular weight excluding hydrogens is 362 g/mol. The average molecular weight is 379 g/mol. The van der Waals surface area contributed by atoms with Crippen LogP contribution < -0.4 is 8.61 Å². The summed E-state index contributed by atoms with van der Waals surface area (Å²) in [5, 5.41) is 9.33. The lowest BCUT2D eigenvalue weighted by atomic mass is 10.3. The van der Waals surface area contributed by atoms with Crippen LogP contribution in [-0.2, 0) is 20.0 Å². The predicted octanol–water partition coefficient (Wildman–Crippen LogP) is 1.77. The zero-order valence-electron chi connectivity index (χ0n) is 13.6. The standard InChI is InChI=1S/C16H17N3O4S2/c1-18(14-9-5-3-6-10-14)24(20,21)16(13-17)25(22,23)19(2)15-11-7-4-8-12-15/h3-12,16H,1-2H3. The van der Waals surface area contributed by atoms with Gasteiger partial charge < -0.3 is 0 Å². The Balaban J connectivity index is 2.46. The molecule has 0 saturated heterocycles. The Labute approximate surface area is 147 Å². The van der Waals surface area contributed by atoms with Crippen molar-refractivity contribution < 1.29 is 16.8 Å². The van der Waals surface area contributed by atoms with E-state index in [1.807, 2.05) is 0 Å². The lowest BCUT2D eigenvalue weighted by Crippen LogP contribution is -2.45. The second-order valence-corrected chi connectivity index (χ2v) is 9.55. The summed E-state index contributed by atoms with van der Waals surface area (Å²) < 4.78 is 50.3. The van der Waals surface area contributed by atoms with Gasteiger partial charge in [-0.05, 0) is 24.3 Å². The fourth-order valence-electron chi connectivity index (χ4n) is 2.14. The highest BCUT2D eigenvalue weighted by Crippen LogP contribution is 2.25. The zero-order chi connectivity index (χ0) is 18.7. The van der Waals surface area contributed by atoms with Crippen LogP contribution in [0.5, 0.6) is 0 Å². The van der Waals surface area contributed by atoms with Gasteiger partial charge in [-0.25, -0.2) is 16.8 Å². The second-order valence-electron chi connectivity index (χ2n) is 5.16. The maximum Gasteiger partial charge on any atom is 0.285 e. The van der Waals surface area contributed by atoms with E-state index in [1.165, 1.54) is 44.4 Å². The molecule has 7 nitrogen and oxygen atoms in total. The number of benzene rings is 2. The minimum atomic E-state index is -4.47. The number of nitrogens with zero attached hydrogens (tertiary/aromatic N) is 3. The number of hydrogen-bond donors (Lipinski definition) is 0. The van der Waals surface area contributed by atoms with Crippen LogP contribution >= 0.6 is 0 Å². The molecule has 0 heterocycles. The van der Waals surface area contributed by atoms with Gasteiger partial charge in [0, 0.05) is 14.1 Å². The lowest BCUT2D eigenvalue weighted by Gasteiger charge is -2.26. The van der Waals surface area contributed by atoms with Crippen LogP contribution in [0.1, 0.15) is 0 Å². The largest absolute Gasteiger partial charge is 0.285 e. The molecule has 0 saturated carbocycles. The molecular formula is C16H17N3O4S2. The number of para-hydroxylation sites is 2. The molecule has 132 valence electrons. The van der Waals surface area contributed by atoms with Crippen molar-refractivity contribution in [3.8, 4) is 6.07 Å². The minimum Gasteiger partial charge on any atom is -0.271 e. The molecule has 2 aromatic rings. The second kappa shape index (κ2) is 7.13. The molecule has 9 heteroatoms. The van der Waals surface area contributed by atoms with E-state index in [0.717, 1.165) is 8.61 Å². The van der Waals surface area contributed by atoms with Gasteiger partial charge in [0.05, 0.1) is 11.4 Å². The highest BCUT2D eigenvalue weighted by Gasteiger charge is 2.43. The first-order valence-corrected chi connectivity index (χ1v) is 10.2. The number of rotatable bonds is 6. The van der Waals surface area contributed by atoms with Gasteiger partial charge in [-0.2, -0.15) is 5.26 Å². The van der Waals surface area contributed by atoms with Gasteiger partial charge in [-0.1, -0.05) is 36.4 Å². The Bertz CT molecular complexity index is 894. The van der Waals surface area contributed by atoms with Gasteiger partial charge in [-0.3, -0.25) is 8.61 Å². The van der Waals surface area contributed by atoms with Crippen molar-refractivity contribution in [2.75, 3.05) is 22.7 Å². The van der Waals surface area contributed by atoms with E-state index in [0.29, 0.717) is 0 Å². The number of hydrogen-bond acceptors (Lipinski definition) is 5. The molecule has 2 aromatic carbocycles. The lowest BCUT2D eigenvalue weighted by molar-refractivity contribution is 0.580. The number of anilines is 2. The minimum absolute atomic E-state index is 0.264. The molecule has 0 aliphatic carbocycles. The molecule has 0 aromatic heterocycles. The monoisotopic (exact) mass is 379 g/mol. The van der Waals surface area contributed by atoms with Crippen LogP contribution in [0.25, 0.3) is 0 Å². The molecule has 0 fully saturated rings. The summed E-state index contributed by atoms with van der Waals surface area (Å²) in [6.45, 7) is 0. The first-order valence-electron chi connectivity index (χ1n) is 7.18. The third-order valence-corrected chi connectivity index (χ3v) is 8.35. The molecule has 0 radical (unpaired) electrons. The molecule has 0 aliphatic heterocycles. The summed E-state index contributed by atoms with van der Waals surface area (Å²) in [4.78, 5) is 0. The van der Waals surface area contributed by atoms with Crippen molar-refractivity contribution in [2.45, 2.75) is 4.58 Å². The summed E-state index contributed by atoms with van der Waals surface area (Å²) in [5.74, 6) is 0. The van der Waals surface area contributed by atoms with Crippen molar-refractivity contribution in [1.82, 2.24) is 0 Å². The van der Waals surface area contributed by atoms with Gasteiger partial charge in [0.15, 0.2) is 0 Å². The Kier molecular flexibility index (Phi) is 5.35. The SMILES string of the molecule is CN(c1ccccc1)S(=O)(=O)C(C#N)S(=O)(=O)N(C)c1ccccc1. The molecule has 2 rings (SSSR count). The predicted molar refractivity (Wildman–Crippen MR) is 96.9 cm³/mol. The molecule has 0 N–H and O–H groups in total. The van der Waals surface area contributed by atoms with Crippen LogP contribution in [0.2, 0.25) is 0 Å². The van der Waals surface area contributed by atoms with E-state index < -0.39 is 24.6 Å². The van der Waals surface area contributed by atoms with Gasteiger partial charge in [0.2, 0.25) is 0 Å². The van der Waals surface area contributed by atoms with E-state index in [1.54, 1.807) is 36.4 Å². The topological polar surface area (TPSA) is 98.5 Å². The van der Waals surface area contributed by atoms with Crippen molar-refractivity contribution in [3.05, 3.63) is 60.7 Å². The fraction of sp³-hybridized carbons (Fsp3) is 0.188. The van der Waals surface area contributed by atoms with Gasteiger partial charge in [0.1, 0.15) is 6.07 Å². The first kappa shape index (κ1) is 18.8. The quantitative estimate of drug-likeness (QED) is 0.762. The summed E-state index contributed by atoms with van der Waals surface area (Å²) >= 11 is 0. The van der Waals surface area contributed by atoms with E-state index in [9.17, 15) is 22.1 Å². The maximum absolute atomic E-state index is 12.7. The summed E-state index contributed by atoms with van der Waals surface area (Å²) in [6.07, 6.45) is 0. The number of sulfonamides is 2. The summed E-state index contributed by atoms with van der Waals surface area (Å²) in [7, 11) is -6.51. The van der Waals surface area contributed by atoms with Crippen molar-refractivity contribution >= 4 is 31.4 Å². The maximum atomic E-state index is 12.7. The highest BCUT2D eigenvalue weighted by atomic mass is 32.3. The molecule has 0 aliphatic rings. The molecule has 25 heavy (non-hydrogen) atoms. The van der Waals surface area contributed by atoms with Crippen molar-refractivity contribution in [3.63, 3.8) is 0 Å². The van der Waals surface area contributed by atoms with Crippen LogP contribution in [0.15, 0.2) is 60.7 Å². The average Bonchev–Trinajstić information content (AvgIpc) is 2.62. The van der Waals surface area contributed by atoms with Gasteiger partial charge in [0.25, 0.3) is 24.6 Å². The zero-order valence-corrected chi connectivity index (χ0v) is 15.3. The van der Waals surface area contributed by atoms with Gasteiger partial charge >= 0.3 is 0 Å².